The van der Waals surface area contributed by atoms with Crippen LogP contribution in [0.25, 0.3) is 0 Å². The zero-order chi connectivity index (χ0) is 11.8. The molecule has 1 unspecified atom stereocenters. The van der Waals surface area contributed by atoms with Gasteiger partial charge in [0, 0.05) is 11.8 Å². The molecule has 1 atom stereocenters. The number of hydrogen-bond donors (Lipinski definition) is 1. The number of nitrogens with zero attached hydrogens (tertiary/aromatic N) is 1. The van der Waals surface area contributed by atoms with Crippen LogP contribution in [0.5, 0.6) is 0 Å². The van der Waals surface area contributed by atoms with Gasteiger partial charge in [0.05, 0.1) is 6.04 Å². The van der Waals surface area contributed by atoms with E-state index in [1.165, 1.54) is 43.0 Å². The Morgan fingerprint density at radius 1 is 1.12 bits per heavy atom. The Bertz CT molecular complexity index is 293. The number of thioether (sulfide) groups is 1. The lowest BCUT2D eigenvalue weighted by atomic mass is 10.0. The van der Waals surface area contributed by atoms with E-state index in [4.69, 9.17) is 4.99 Å². The highest BCUT2D eigenvalue weighted by Gasteiger charge is 2.42. The van der Waals surface area contributed by atoms with Gasteiger partial charge in [-0.25, -0.2) is 0 Å². The van der Waals surface area contributed by atoms with E-state index in [0.717, 1.165) is 17.9 Å². The topological polar surface area (TPSA) is 24.4 Å². The Labute approximate surface area is 109 Å². The third kappa shape index (κ3) is 2.98. The molecule has 0 bridgehead atoms. The van der Waals surface area contributed by atoms with Crippen molar-refractivity contribution in [2.45, 2.75) is 58.0 Å². The van der Waals surface area contributed by atoms with Gasteiger partial charge in [0.15, 0.2) is 5.17 Å². The Kier molecular flexibility index (Phi) is 3.38. The van der Waals surface area contributed by atoms with Crippen molar-refractivity contribution >= 4 is 16.9 Å². The first-order chi connectivity index (χ1) is 8.24. The highest BCUT2D eigenvalue weighted by atomic mass is 32.2. The Balaban J connectivity index is 1.62. The fourth-order valence-electron chi connectivity index (χ4n) is 2.76. The molecule has 0 aromatic rings. The fourth-order valence-corrected chi connectivity index (χ4v) is 3.75. The SMILES string of the molecule is CC(C)C1CCSC(NC(C2CC2)C2CC2)=N1. The summed E-state index contributed by atoms with van der Waals surface area (Å²) < 4.78 is 0. The van der Waals surface area contributed by atoms with E-state index in [1.807, 2.05) is 11.8 Å². The second-order valence-corrected chi connectivity index (χ2v) is 7.31. The molecule has 1 heterocycles. The summed E-state index contributed by atoms with van der Waals surface area (Å²) in [7, 11) is 0. The summed E-state index contributed by atoms with van der Waals surface area (Å²) in [5.41, 5.74) is 0. The summed E-state index contributed by atoms with van der Waals surface area (Å²) >= 11 is 1.94. The van der Waals surface area contributed by atoms with Crippen LogP contribution in [0.15, 0.2) is 4.99 Å². The number of aliphatic imine (C=N–C) groups is 1. The molecule has 0 amide bonds. The molecular formula is C14H24N2S. The summed E-state index contributed by atoms with van der Waals surface area (Å²) in [4.78, 5) is 4.91. The molecule has 0 aromatic carbocycles. The van der Waals surface area contributed by atoms with Crippen molar-refractivity contribution in [3.05, 3.63) is 0 Å². The summed E-state index contributed by atoms with van der Waals surface area (Å²) in [5.74, 6) is 3.86. The summed E-state index contributed by atoms with van der Waals surface area (Å²) in [6.45, 7) is 4.59. The Morgan fingerprint density at radius 2 is 1.76 bits per heavy atom. The first-order valence-corrected chi connectivity index (χ1v) is 8.19. The van der Waals surface area contributed by atoms with Crippen LogP contribution in [-0.4, -0.2) is 23.0 Å². The molecule has 2 saturated carbocycles. The minimum absolute atomic E-state index is 0.554. The highest BCUT2D eigenvalue weighted by Crippen LogP contribution is 2.44. The predicted octanol–water partition coefficient (Wildman–Crippen LogP) is 3.28. The fraction of sp³-hybridized carbons (Fsp3) is 0.929. The van der Waals surface area contributed by atoms with Crippen LogP contribution in [0.4, 0.5) is 0 Å². The smallest absolute Gasteiger partial charge is 0.157 e. The number of rotatable bonds is 4. The maximum Gasteiger partial charge on any atom is 0.157 e. The zero-order valence-electron chi connectivity index (χ0n) is 11.0. The van der Waals surface area contributed by atoms with Gasteiger partial charge in [-0.05, 0) is 49.9 Å². The third-order valence-electron chi connectivity index (χ3n) is 4.25. The van der Waals surface area contributed by atoms with Crippen molar-refractivity contribution in [3.8, 4) is 0 Å². The number of amidine groups is 1. The number of nitrogens with one attached hydrogen (secondary N) is 1. The van der Waals surface area contributed by atoms with E-state index in [9.17, 15) is 0 Å². The van der Waals surface area contributed by atoms with Crippen LogP contribution in [0.3, 0.4) is 0 Å². The molecule has 17 heavy (non-hydrogen) atoms. The van der Waals surface area contributed by atoms with E-state index in [-0.39, 0.29) is 0 Å². The van der Waals surface area contributed by atoms with Crippen LogP contribution in [0, 0.1) is 17.8 Å². The van der Waals surface area contributed by atoms with Gasteiger partial charge in [0.1, 0.15) is 0 Å². The Morgan fingerprint density at radius 3 is 2.29 bits per heavy atom. The van der Waals surface area contributed by atoms with Crippen molar-refractivity contribution in [1.82, 2.24) is 5.32 Å². The van der Waals surface area contributed by atoms with Gasteiger partial charge in [-0.3, -0.25) is 4.99 Å². The molecular weight excluding hydrogens is 228 g/mol. The van der Waals surface area contributed by atoms with Gasteiger partial charge in [-0.1, -0.05) is 25.6 Å². The number of hydrogen-bond acceptors (Lipinski definition) is 3. The molecule has 3 rings (SSSR count). The quantitative estimate of drug-likeness (QED) is 0.830. The third-order valence-corrected chi connectivity index (χ3v) is 5.19. The minimum atomic E-state index is 0.554. The molecule has 0 aromatic heterocycles. The average Bonchev–Trinajstić information content (AvgIpc) is 3.16. The molecule has 2 fully saturated rings. The highest BCUT2D eigenvalue weighted by molar-refractivity contribution is 8.13. The molecule has 0 radical (unpaired) electrons. The van der Waals surface area contributed by atoms with Gasteiger partial charge < -0.3 is 5.32 Å². The first kappa shape index (κ1) is 11.9. The van der Waals surface area contributed by atoms with Crippen molar-refractivity contribution in [1.29, 1.82) is 0 Å². The lowest BCUT2D eigenvalue weighted by molar-refractivity contribution is 0.464. The van der Waals surface area contributed by atoms with Gasteiger partial charge in [0.25, 0.3) is 0 Å². The van der Waals surface area contributed by atoms with Crippen LogP contribution >= 0.6 is 11.8 Å². The molecule has 1 N–H and O–H groups in total. The van der Waals surface area contributed by atoms with E-state index < -0.39 is 0 Å². The summed E-state index contributed by atoms with van der Waals surface area (Å²) in [5, 5.41) is 5.03. The monoisotopic (exact) mass is 252 g/mol. The van der Waals surface area contributed by atoms with Crippen LogP contribution in [0.1, 0.15) is 46.0 Å². The van der Waals surface area contributed by atoms with Gasteiger partial charge in [0.2, 0.25) is 0 Å². The standard InChI is InChI=1S/C14H24N2S/c1-9(2)12-7-8-17-14(15-12)16-13(10-3-4-10)11-5-6-11/h9-13H,3-8H2,1-2H3,(H,15,16). The molecule has 0 spiro atoms. The molecule has 3 aliphatic rings. The molecule has 96 valence electrons. The van der Waals surface area contributed by atoms with Crippen molar-refractivity contribution < 1.29 is 0 Å². The molecule has 2 nitrogen and oxygen atoms in total. The van der Waals surface area contributed by atoms with E-state index >= 15 is 0 Å². The van der Waals surface area contributed by atoms with E-state index in [0.29, 0.717) is 12.0 Å². The lowest BCUT2D eigenvalue weighted by Gasteiger charge is -2.26. The van der Waals surface area contributed by atoms with E-state index in [1.54, 1.807) is 0 Å². The van der Waals surface area contributed by atoms with Gasteiger partial charge >= 0.3 is 0 Å². The second-order valence-electron chi connectivity index (χ2n) is 6.23. The molecule has 0 saturated heterocycles. The maximum atomic E-state index is 4.91. The largest absolute Gasteiger partial charge is 0.362 e. The summed E-state index contributed by atoms with van der Waals surface area (Å²) in [6, 6.07) is 1.31. The lowest BCUT2D eigenvalue weighted by Crippen LogP contribution is -2.39. The molecule has 2 aliphatic carbocycles. The first-order valence-electron chi connectivity index (χ1n) is 7.21. The van der Waals surface area contributed by atoms with Crippen molar-refractivity contribution in [2.75, 3.05) is 5.75 Å². The normalized spacial score (nSPS) is 29.6. The zero-order valence-corrected chi connectivity index (χ0v) is 11.8. The van der Waals surface area contributed by atoms with Crippen molar-refractivity contribution in [2.24, 2.45) is 22.7 Å². The van der Waals surface area contributed by atoms with Gasteiger partial charge in [-0.2, -0.15) is 0 Å². The van der Waals surface area contributed by atoms with E-state index in [2.05, 4.69) is 19.2 Å². The molecule has 1 aliphatic heterocycles. The summed E-state index contributed by atoms with van der Waals surface area (Å²) in [6.07, 6.45) is 7.03. The Hall–Kier alpha value is -0.180. The minimum Gasteiger partial charge on any atom is -0.362 e. The van der Waals surface area contributed by atoms with Gasteiger partial charge in [-0.15, -0.1) is 0 Å². The van der Waals surface area contributed by atoms with Crippen LogP contribution < -0.4 is 5.32 Å². The van der Waals surface area contributed by atoms with Crippen LogP contribution in [-0.2, 0) is 0 Å². The van der Waals surface area contributed by atoms with Crippen LogP contribution in [0.2, 0.25) is 0 Å². The van der Waals surface area contributed by atoms with Crippen molar-refractivity contribution in [3.63, 3.8) is 0 Å². The maximum absolute atomic E-state index is 4.91. The second kappa shape index (κ2) is 4.83. The predicted molar refractivity (Wildman–Crippen MR) is 75.5 cm³/mol. The average molecular weight is 252 g/mol. The molecule has 3 heteroatoms.